The summed E-state index contributed by atoms with van der Waals surface area (Å²) < 4.78 is 32.1. The Kier molecular flexibility index (Phi) is 4.74. The number of rotatable bonds is 4. The van der Waals surface area contributed by atoms with Crippen LogP contribution < -0.4 is 4.72 Å². The zero-order chi connectivity index (χ0) is 20.1. The minimum absolute atomic E-state index is 0.253. The number of benzene rings is 1. The van der Waals surface area contributed by atoms with Gasteiger partial charge in [-0.3, -0.25) is 9.40 Å². The summed E-state index contributed by atoms with van der Waals surface area (Å²) in [5.74, 6) is 0. The number of sulfonamides is 1. The molecule has 0 amide bonds. The molecule has 150 valence electrons. The molecule has 0 unspecified atom stereocenters. The predicted molar refractivity (Wildman–Crippen MR) is 114 cm³/mol. The van der Waals surface area contributed by atoms with Crippen molar-refractivity contribution in [2.24, 2.45) is 0 Å². The third-order valence-electron chi connectivity index (χ3n) is 5.24. The second kappa shape index (κ2) is 6.84. The summed E-state index contributed by atoms with van der Waals surface area (Å²) in [7, 11) is -3.78. The van der Waals surface area contributed by atoms with E-state index in [1.54, 1.807) is 6.20 Å². The van der Waals surface area contributed by atoms with E-state index >= 15 is 0 Å². The summed E-state index contributed by atoms with van der Waals surface area (Å²) >= 11 is 1.35. The lowest BCUT2D eigenvalue weighted by molar-refractivity contribution is 0.448. The van der Waals surface area contributed by atoms with E-state index in [9.17, 15) is 8.42 Å². The molecule has 0 radical (unpaired) electrons. The van der Waals surface area contributed by atoms with Gasteiger partial charge in [0.2, 0.25) is 0 Å². The third kappa shape index (κ3) is 3.55. The molecule has 0 saturated heterocycles. The number of thiazole rings is 1. The molecule has 0 spiro atoms. The van der Waals surface area contributed by atoms with Crippen molar-refractivity contribution in [1.82, 2.24) is 14.8 Å². The maximum absolute atomic E-state index is 13.3. The van der Waals surface area contributed by atoms with E-state index in [2.05, 4.69) is 9.71 Å². The molecule has 1 aliphatic rings. The fourth-order valence-electron chi connectivity index (χ4n) is 3.75. The molecule has 8 heteroatoms. The molecular formula is C20H26N4O2S2. The number of hydrogen-bond acceptors (Lipinski definition) is 5. The Morgan fingerprint density at radius 1 is 1.21 bits per heavy atom. The fourth-order valence-corrected chi connectivity index (χ4v) is 6.27. The number of aryl methyl sites for hydroxylation is 1. The maximum atomic E-state index is 13.3. The van der Waals surface area contributed by atoms with E-state index in [1.165, 1.54) is 24.2 Å². The van der Waals surface area contributed by atoms with Crippen molar-refractivity contribution in [2.45, 2.75) is 69.7 Å². The summed E-state index contributed by atoms with van der Waals surface area (Å²) in [4.78, 5) is 4.75. The molecule has 1 aliphatic carbocycles. The standard InChI is InChI=1S/C20H26N4O2S2/c1-13-8-7-11-15-17(13)21-19(27-15)23-28(25,26)16-12-24(14-9-5-6-10-14)22-18(16)20(2,3)4/h7-8,11-12,14H,5-6,9-10H2,1-4H3,(H,21,23). The molecule has 0 atom stereocenters. The van der Waals surface area contributed by atoms with Gasteiger partial charge in [-0.25, -0.2) is 13.4 Å². The average molecular weight is 419 g/mol. The Morgan fingerprint density at radius 2 is 1.93 bits per heavy atom. The van der Waals surface area contributed by atoms with Crippen LogP contribution in [0.2, 0.25) is 0 Å². The van der Waals surface area contributed by atoms with Crippen molar-refractivity contribution >= 4 is 36.7 Å². The van der Waals surface area contributed by atoms with Gasteiger partial charge in [-0.05, 0) is 31.4 Å². The summed E-state index contributed by atoms with van der Waals surface area (Å²) in [5.41, 5.74) is 2.09. The highest BCUT2D eigenvalue weighted by atomic mass is 32.2. The van der Waals surface area contributed by atoms with Gasteiger partial charge >= 0.3 is 0 Å². The second-order valence-electron chi connectivity index (χ2n) is 8.56. The van der Waals surface area contributed by atoms with Gasteiger partial charge in [0.1, 0.15) is 4.90 Å². The van der Waals surface area contributed by atoms with Gasteiger partial charge in [0, 0.05) is 11.6 Å². The number of anilines is 1. The van der Waals surface area contributed by atoms with Crippen molar-refractivity contribution in [2.75, 3.05) is 4.72 Å². The van der Waals surface area contributed by atoms with Crippen molar-refractivity contribution in [3.63, 3.8) is 0 Å². The first kappa shape index (κ1) is 19.4. The van der Waals surface area contributed by atoms with Crippen LogP contribution in [0.4, 0.5) is 5.13 Å². The van der Waals surface area contributed by atoms with E-state index in [0.717, 1.165) is 28.6 Å². The molecule has 0 bridgehead atoms. The van der Waals surface area contributed by atoms with Crippen LogP contribution in [0.3, 0.4) is 0 Å². The predicted octanol–water partition coefficient (Wildman–Crippen LogP) is 5.01. The minimum atomic E-state index is -3.78. The third-order valence-corrected chi connectivity index (χ3v) is 7.64. The lowest BCUT2D eigenvalue weighted by Gasteiger charge is -2.17. The van der Waals surface area contributed by atoms with Crippen LogP contribution in [0.5, 0.6) is 0 Å². The molecular weight excluding hydrogens is 392 g/mol. The highest BCUT2D eigenvalue weighted by molar-refractivity contribution is 7.93. The quantitative estimate of drug-likeness (QED) is 0.646. The number of nitrogens with one attached hydrogen (secondary N) is 1. The Balaban J connectivity index is 1.74. The fraction of sp³-hybridized carbons (Fsp3) is 0.500. The van der Waals surface area contributed by atoms with Crippen molar-refractivity contribution in [3.05, 3.63) is 35.7 Å². The average Bonchev–Trinajstić information content (AvgIpc) is 3.32. The second-order valence-corrected chi connectivity index (χ2v) is 11.2. The number of hydrogen-bond donors (Lipinski definition) is 1. The van der Waals surface area contributed by atoms with Crippen LogP contribution >= 0.6 is 11.3 Å². The molecule has 4 rings (SSSR count). The normalized spacial score (nSPS) is 16.1. The number of nitrogens with zero attached hydrogens (tertiary/aromatic N) is 3. The van der Waals surface area contributed by atoms with Crippen LogP contribution in [0.15, 0.2) is 29.3 Å². The van der Waals surface area contributed by atoms with Gasteiger partial charge in [0.15, 0.2) is 5.13 Å². The van der Waals surface area contributed by atoms with E-state index in [4.69, 9.17) is 5.10 Å². The number of fused-ring (bicyclic) bond motifs is 1. The molecule has 1 N–H and O–H groups in total. The monoisotopic (exact) mass is 418 g/mol. The molecule has 3 aromatic rings. The van der Waals surface area contributed by atoms with Gasteiger partial charge in [0.25, 0.3) is 10.0 Å². The van der Waals surface area contributed by atoms with Crippen LogP contribution in [0, 0.1) is 6.92 Å². The molecule has 28 heavy (non-hydrogen) atoms. The van der Waals surface area contributed by atoms with Crippen LogP contribution in [0.25, 0.3) is 10.2 Å². The van der Waals surface area contributed by atoms with Crippen molar-refractivity contribution in [3.8, 4) is 0 Å². The van der Waals surface area contributed by atoms with E-state index in [-0.39, 0.29) is 16.4 Å². The van der Waals surface area contributed by atoms with E-state index in [1.807, 2.05) is 50.6 Å². The first-order chi connectivity index (χ1) is 13.1. The van der Waals surface area contributed by atoms with Gasteiger partial charge < -0.3 is 0 Å². The first-order valence-corrected chi connectivity index (χ1v) is 11.9. The lowest BCUT2D eigenvalue weighted by atomic mass is 9.92. The Labute approximate surface area is 170 Å². The molecule has 6 nitrogen and oxygen atoms in total. The van der Waals surface area contributed by atoms with E-state index < -0.39 is 10.0 Å². The summed E-state index contributed by atoms with van der Waals surface area (Å²) in [6.45, 7) is 7.96. The van der Waals surface area contributed by atoms with E-state index in [0.29, 0.717) is 10.8 Å². The van der Waals surface area contributed by atoms with Gasteiger partial charge in [0.05, 0.1) is 22.0 Å². The largest absolute Gasteiger partial charge is 0.268 e. The van der Waals surface area contributed by atoms with Crippen molar-refractivity contribution < 1.29 is 8.42 Å². The molecule has 1 aromatic carbocycles. The Bertz CT molecular complexity index is 1120. The smallest absolute Gasteiger partial charge is 0.267 e. The molecule has 2 aromatic heterocycles. The number of para-hydroxylation sites is 1. The summed E-state index contributed by atoms with van der Waals surface area (Å²) in [6, 6.07) is 6.17. The Morgan fingerprint density at radius 3 is 2.57 bits per heavy atom. The van der Waals surface area contributed by atoms with Crippen LogP contribution in [-0.4, -0.2) is 23.2 Å². The molecule has 2 heterocycles. The zero-order valence-electron chi connectivity index (χ0n) is 16.7. The topological polar surface area (TPSA) is 76.9 Å². The summed E-state index contributed by atoms with van der Waals surface area (Å²) in [6.07, 6.45) is 6.14. The lowest BCUT2D eigenvalue weighted by Crippen LogP contribution is -2.20. The molecule has 0 aliphatic heterocycles. The highest BCUT2D eigenvalue weighted by Crippen LogP contribution is 2.35. The van der Waals surface area contributed by atoms with Gasteiger partial charge in [-0.1, -0.05) is 57.1 Å². The molecule has 1 fully saturated rings. The Hall–Kier alpha value is -1.93. The highest BCUT2D eigenvalue weighted by Gasteiger charge is 2.32. The van der Waals surface area contributed by atoms with Gasteiger partial charge in [-0.2, -0.15) is 5.10 Å². The minimum Gasteiger partial charge on any atom is -0.268 e. The van der Waals surface area contributed by atoms with Crippen LogP contribution in [0.1, 0.15) is 63.8 Å². The first-order valence-electron chi connectivity index (χ1n) is 9.64. The van der Waals surface area contributed by atoms with Crippen LogP contribution in [-0.2, 0) is 15.4 Å². The maximum Gasteiger partial charge on any atom is 0.267 e. The zero-order valence-corrected chi connectivity index (χ0v) is 18.3. The van der Waals surface area contributed by atoms with Crippen molar-refractivity contribution in [1.29, 1.82) is 0 Å². The SMILES string of the molecule is Cc1cccc2sc(NS(=O)(=O)c3cn(C4CCCC4)nc3C(C)(C)C)nc12. The summed E-state index contributed by atoms with van der Waals surface area (Å²) in [5, 5.41) is 5.10. The number of aromatic nitrogens is 3. The van der Waals surface area contributed by atoms with Gasteiger partial charge in [-0.15, -0.1) is 0 Å². The molecule has 1 saturated carbocycles.